The summed E-state index contributed by atoms with van der Waals surface area (Å²) < 4.78 is 2.00. The van der Waals surface area contributed by atoms with Crippen LogP contribution in [-0.4, -0.2) is 21.9 Å². The van der Waals surface area contributed by atoms with Gasteiger partial charge in [0, 0.05) is 25.5 Å². The van der Waals surface area contributed by atoms with Crippen molar-refractivity contribution >= 4 is 17.5 Å². The first-order chi connectivity index (χ1) is 10.1. The average molecular weight is 303 g/mol. The minimum Gasteiger partial charge on any atom is -0.353 e. The maximum Gasteiger partial charge on any atom is 0.245 e. The minimum atomic E-state index is -0.675. The second-order valence-electron chi connectivity index (χ2n) is 4.89. The number of alkyl halides is 1. The molecule has 110 valence electrons. The lowest BCUT2D eigenvalue weighted by molar-refractivity contribution is -0.131. The highest BCUT2D eigenvalue weighted by Gasteiger charge is 2.23. The minimum absolute atomic E-state index is 0.107. The number of hydrogen-bond donors (Lipinski definition) is 0. The molecule has 21 heavy (non-hydrogen) atoms. The van der Waals surface area contributed by atoms with Crippen LogP contribution in [0.4, 0.5) is 0 Å². The Kier molecular flexibility index (Phi) is 5.23. The van der Waals surface area contributed by atoms with Gasteiger partial charge >= 0.3 is 0 Å². The predicted molar refractivity (Wildman–Crippen MR) is 86.1 cm³/mol. The van der Waals surface area contributed by atoms with Gasteiger partial charge in [0.2, 0.25) is 5.91 Å². The van der Waals surface area contributed by atoms with Crippen molar-refractivity contribution in [1.82, 2.24) is 9.47 Å². The summed E-state index contributed by atoms with van der Waals surface area (Å²) in [7, 11) is 1.96. The Morgan fingerprint density at radius 3 is 2.62 bits per heavy atom. The topological polar surface area (TPSA) is 25.2 Å². The van der Waals surface area contributed by atoms with E-state index >= 15 is 0 Å². The third-order valence-corrected chi connectivity index (χ3v) is 3.81. The molecule has 1 aromatic carbocycles. The molecule has 0 aliphatic rings. The molecule has 0 N–H and O–H groups in total. The Hall–Kier alpha value is -2.00. The summed E-state index contributed by atoms with van der Waals surface area (Å²) >= 11 is 6.33. The van der Waals surface area contributed by atoms with E-state index < -0.39 is 5.38 Å². The maximum atomic E-state index is 12.6. The van der Waals surface area contributed by atoms with Gasteiger partial charge in [0.25, 0.3) is 0 Å². The fourth-order valence-corrected chi connectivity index (χ4v) is 2.45. The zero-order valence-electron chi connectivity index (χ0n) is 12.1. The Bertz CT molecular complexity index is 606. The van der Waals surface area contributed by atoms with Gasteiger partial charge in [-0.1, -0.05) is 36.4 Å². The number of aryl methyl sites for hydroxylation is 1. The highest BCUT2D eigenvalue weighted by Crippen LogP contribution is 2.23. The summed E-state index contributed by atoms with van der Waals surface area (Å²) in [6.07, 6.45) is 3.68. The lowest BCUT2D eigenvalue weighted by Crippen LogP contribution is -2.33. The molecule has 0 aliphatic carbocycles. The molecule has 0 unspecified atom stereocenters. The van der Waals surface area contributed by atoms with E-state index in [0.717, 1.165) is 11.3 Å². The second kappa shape index (κ2) is 7.14. The van der Waals surface area contributed by atoms with Crippen LogP contribution in [0.25, 0.3) is 0 Å². The SMILES string of the molecule is C=CCN(Cc1cccn1C)C(=O)[C@@H](Cl)c1ccccc1. The van der Waals surface area contributed by atoms with Crippen LogP contribution < -0.4 is 0 Å². The largest absolute Gasteiger partial charge is 0.353 e. The molecule has 0 saturated carbocycles. The summed E-state index contributed by atoms with van der Waals surface area (Å²) in [5.74, 6) is -0.107. The normalized spacial score (nSPS) is 11.9. The quantitative estimate of drug-likeness (QED) is 0.592. The molecular formula is C17H19ClN2O. The van der Waals surface area contributed by atoms with Gasteiger partial charge in [-0.15, -0.1) is 18.2 Å². The molecule has 4 heteroatoms. The van der Waals surface area contributed by atoms with E-state index in [1.165, 1.54) is 0 Å². The summed E-state index contributed by atoms with van der Waals surface area (Å²) in [4.78, 5) is 14.3. The summed E-state index contributed by atoms with van der Waals surface area (Å²) in [5, 5.41) is -0.675. The van der Waals surface area contributed by atoms with Crippen molar-refractivity contribution in [3.05, 3.63) is 72.6 Å². The zero-order valence-corrected chi connectivity index (χ0v) is 12.8. The van der Waals surface area contributed by atoms with Crippen molar-refractivity contribution in [1.29, 1.82) is 0 Å². The summed E-state index contributed by atoms with van der Waals surface area (Å²) in [6.45, 7) is 4.71. The molecule has 0 saturated heterocycles. The highest BCUT2D eigenvalue weighted by molar-refractivity contribution is 6.30. The van der Waals surface area contributed by atoms with Gasteiger partial charge in [0.15, 0.2) is 0 Å². The number of rotatable bonds is 6. The van der Waals surface area contributed by atoms with Crippen molar-refractivity contribution in [3.63, 3.8) is 0 Å². The van der Waals surface area contributed by atoms with Gasteiger partial charge in [0.05, 0.1) is 6.54 Å². The third-order valence-electron chi connectivity index (χ3n) is 3.37. The van der Waals surface area contributed by atoms with Crippen LogP contribution >= 0.6 is 11.6 Å². The first-order valence-corrected chi connectivity index (χ1v) is 7.26. The van der Waals surface area contributed by atoms with Gasteiger partial charge < -0.3 is 9.47 Å². The van der Waals surface area contributed by atoms with Crippen LogP contribution in [0, 0.1) is 0 Å². The van der Waals surface area contributed by atoms with Crippen LogP contribution in [0.1, 0.15) is 16.6 Å². The fourth-order valence-electron chi connectivity index (χ4n) is 2.17. The van der Waals surface area contributed by atoms with Crippen molar-refractivity contribution in [2.45, 2.75) is 11.9 Å². The van der Waals surface area contributed by atoms with E-state index in [0.29, 0.717) is 13.1 Å². The fraction of sp³-hybridized carbons (Fsp3) is 0.235. The Morgan fingerprint density at radius 1 is 1.33 bits per heavy atom. The number of carbonyl (C=O) groups excluding carboxylic acids is 1. The zero-order chi connectivity index (χ0) is 15.2. The first kappa shape index (κ1) is 15.4. The average Bonchev–Trinajstić information content (AvgIpc) is 2.91. The number of aromatic nitrogens is 1. The Morgan fingerprint density at radius 2 is 2.05 bits per heavy atom. The molecule has 0 fully saturated rings. The second-order valence-corrected chi connectivity index (χ2v) is 5.33. The van der Waals surface area contributed by atoms with Crippen molar-refractivity contribution in [2.75, 3.05) is 6.54 Å². The van der Waals surface area contributed by atoms with E-state index in [4.69, 9.17) is 11.6 Å². The number of nitrogens with zero attached hydrogens (tertiary/aromatic N) is 2. The molecular weight excluding hydrogens is 284 g/mol. The standard InChI is InChI=1S/C17H19ClN2O/c1-3-11-20(13-15-10-7-12-19(15)2)17(21)16(18)14-8-5-4-6-9-14/h3-10,12,16H,1,11,13H2,2H3/t16-/m0/s1. The smallest absolute Gasteiger partial charge is 0.245 e. The monoisotopic (exact) mass is 302 g/mol. The lowest BCUT2D eigenvalue weighted by Gasteiger charge is -2.24. The molecule has 2 aromatic rings. The molecule has 0 aliphatic heterocycles. The molecule has 2 rings (SSSR count). The van der Waals surface area contributed by atoms with E-state index in [1.807, 2.05) is 60.3 Å². The van der Waals surface area contributed by atoms with Crippen LogP contribution in [0.2, 0.25) is 0 Å². The summed E-state index contributed by atoms with van der Waals surface area (Å²) in [6, 6.07) is 13.4. The molecule has 0 bridgehead atoms. The van der Waals surface area contributed by atoms with E-state index in [-0.39, 0.29) is 5.91 Å². The summed E-state index contributed by atoms with van der Waals surface area (Å²) in [5.41, 5.74) is 1.87. The number of hydrogen-bond acceptors (Lipinski definition) is 1. The van der Waals surface area contributed by atoms with E-state index in [2.05, 4.69) is 6.58 Å². The maximum absolute atomic E-state index is 12.6. The lowest BCUT2D eigenvalue weighted by atomic mass is 10.1. The molecule has 3 nitrogen and oxygen atoms in total. The highest BCUT2D eigenvalue weighted by atomic mass is 35.5. The number of halogens is 1. The molecule has 0 radical (unpaired) electrons. The van der Waals surface area contributed by atoms with Crippen LogP contribution in [0.15, 0.2) is 61.3 Å². The third kappa shape index (κ3) is 3.76. The van der Waals surface area contributed by atoms with Crippen LogP contribution in [0.5, 0.6) is 0 Å². The molecule has 0 spiro atoms. The predicted octanol–water partition coefficient (Wildman–Crippen LogP) is 3.52. The van der Waals surface area contributed by atoms with Gasteiger partial charge in [-0.25, -0.2) is 0 Å². The Balaban J connectivity index is 2.15. The van der Waals surface area contributed by atoms with Gasteiger partial charge in [-0.3, -0.25) is 4.79 Å². The van der Waals surface area contributed by atoms with E-state index in [1.54, 1.807) is 11.0 Å². The number of carbonyl (C=O) groups is 1. The first-order valence-electron chi connectivity index (χ1n) is 6.82. The van der Waals surface area contributed by atoms with Gasteiger partial charge in [-0.2, -0.15) is 0 Å². The number of benzene rings is 1. The van der Waals surface area contributed by atoms with Crippen molar-refractivity contribution in [2.24, 2.45) is 7.05 Å². The Labute approximate surface area is 130 Å². The van der Waals surface area contributed by atoms with Crippen LogP contribution in [0.3, 0.4) is 0 Å². The van der Waals surface area contributed by atoms with Crippen molar-refractivity contribution < 1.29 is 4.79 Å². The van der Waals surface area contributed by atoms with Gasteiger partial charge in [-0.05, 0) is 17.7 Å². The van der Waals surface area contributed by atoms with Gasteiger partial charge in [0.1, 0.15) is 5.38 Å². The van der Waals surface area contributed by atoms with Crippen LogP contribution in [-0.2, 0) is 18.4 Å². The number of amides is 1. The molecule has 1 amide bonds. The van der Waals surface area contributed by atoms with Crippen molar-refractivity contribution in [3.8, 4) is 0 Å². The van der Waals surface area contributed by atoms with E-state index in [9.17, 15) is 4.79 Å². The molecule has 1 aromatic heterocycles. The molecule has 1 heterocycles. The molecule has 1 atom stereocenters.